The van der Waals surface area contributed by atoms with Gasteiger partial charge >= 0.3 is 5.82 Å². The Labute approximate surface area is 102 Å². The molecule has 0 atom stereocenters. The van der Waals surface area contributed by atoms with E-state index in [0.717, 1.165) is 0 Å². The second kappa shape index (κ2) is 4.80. The fraction of sp³-hybridized carbons (Fsp3) is 0. The molecule has 5 nitrogen and oxygen atoms in total. The van der Waals surface area contributed by atoms with Gasteiger partial charge in [-0.25, -0.2) is 0 Å². The summed E-state index contributed by atoms with van der Waals surface area (Å²) >= 11 is 5.72. The van der Waals surface area contributed by atoms with E-state index in [1.807, 2.05) is 6.07 Å². The maximum atomic E-state index is 10.7. The van der Waals surface area contributed by atoms with Crippen LogP contribution in [0.2, 0.25) is 5.02 Å². The molecular formula is C11H7ClN2O3. The van der Waals surface area contributed by atoms with Crippen molar-refractivity contribution in [2.45, 2.75) is 0 Å². The summed E-state index contributed by atoms with van der Waals surface area (Å²) in [5.74, 6) is 0.145. The van der Waals surface area contributed by atoms with Crippen LogP contribution in [0.3, 0.4) is 0 Å². The number of pyridine rings is 1. The van der Waals surface area contributed by atoms with Gasteiger partial charge in [0.2, 0.25) is 5.75 Å². The highest BCUT2D eigenvalue weighted by molar-refractivity contribution is 6.30. The molecule has 0 saturated heterocycles. The Kier molecular flexibility index (Phi) is 3.20. The van der Waals surface area contributed by atoms with E-state index in [9.17, 15) is 10.1 Å². The van der Waals surface area contributed by atoms with Crippen molar-refractivity contribution in [3.63, 3.8) is 0 Å². The van der Waals surface area contributed by atoms with Crippen LogP contribution in [0.4, 0.5) is 5.82 Å². The quantitative estimate of drug-likeness (QED) is 0.618. The number of ether oxygens (including phenoxy) is 1. The van der Waals surface area contributed by atoms with Crippen LogP contribution in [0.25, 0.3) is 0 Å². The van der Waals surface area contributed by atoms with Crippen molar-refractivity contribution in [1.82, 2.24) is 4.98 Å². The number of aromatic nitrogens is 1. The molecule has 0 aliphatic carbocycles. The molecule has 0 radical (unpaired) electrons. The van der Waals surface area contributed by atoms with Crippen LogP contribution in [0, 0.1) is 10.1 Å². The van der Waals surface area contributed by atoms with E-state index in [2.05, 4.69) is 4.98 Å². The summed E-state index contributed by atoms with van der Waals surface area (Å²) in [5.41, 5.74) is 0. The standard InChI is InChI=1S/C11H7ClN2O3/c12-8-6-10(11(13-7-8)14(15)16)17-9-4-2-1-3-5-9/h1-7H. The Morgan fingerprint density at radius 1 is 1.29 bits per heavy atom. The highest BCUT2D eigenvalue weighted by Crippen LogP contribution is 2.31. The molecular weight excluding hydrogens is 244 g/mol. The van der Waals surface area contributed by atoms with Crippen LogP contribution in [0.15, 0.2) is 42.6 Å². The van der Waals surface area contributed by atoms with E-state index in [1.165, 1.54) is 12.3 Å². The predicted molar refractivity (Wildman–Crippen MR) is 62.4 cm³/mol. The van der Waals surface area contributed by atoms with Crippen LogP contribution >= 0.6 is 11.6 Å². The predicted octanol–water partition coefficient (Wildman–Crippen LogP) is 3.44. The van der Waals surface area contributed by atoms with E-state index < -0.39 is 4.92 Å². The number of halogens is 1. The molecule has 0 amide bonds. The van der Waals surface area contributed by atoms with Gasteiger partial charge in [0.05, 0.1) is 5.02 Å². The average Bonchev–Trinajstić information content (AvgIpc) is 2.30. The van der Waals surface area contributed by atoms with Gasteiger partial charge in [0.1, 0.15) is 5.75 Å². The van der Waals surface area contributed by atoms with E-state index >= 15 is 0 Å². The summed E-state index contributed by atoms with van der Waals surface area (Å²) < 4.78 is 5.36. The van der Waals surface area contributed by atoms with Crippen molar-refractivity contribution < 1.29 is 9.66 Å². The SMILES string of the molecule is O=[N+]([O-])c1ncc(Cl)cc1Oc1ccccc1. The second-order valence-electron chi connectivity index (χ2n) is 3.15. The number of benzene rings is 1. The zero-order chi connectivity index (χ0) is 12.3. The smallest absolute Gasteiger partial charge is 0.406 e. The molecule has 86 valence electrons. The number of nitro groups is 1. The number of hydrogen-bond acceptors (Lipinski definition) is 4. The molecule has 0 fully saturated rings. The van der Waals surface area contributed by atoms with E-state index in [1.54, 1.807) is 24.3 Å². The van der Waals surface area contributed by atoms with Gasteiger partial charge in [0.15, 0.2) is 6.20 Å². The minimum Gasteiger partial charge on any atom is -0.448 e. The molecule has 0 unspecified atom stereocenters. The molecule has 1 heterocycles. The highest BCUT2D eigenvalue weighted by Gasteiger charge is 2.18. The van der Waals surface area contributed by atoms with Crippen molar-refractivity contribution in [3.8, 4) is 11.5 Å². The maximum absolute atomic E-state index is 10.7. The first kappa shape index (κ1) is 11.3. The van der Waals surface area contributed by atoms with Crippen molar-refractivity contribution in [1.29, 1.82) is 0 Å². The summed E-state index contributed by atoms with van der Waals surface area (Å²) in [7, 11) is 0. The highest BCUT2D eigenvalue weighted by atomic mass is 35.5. The Morgan fingerprint density at radius 3 is 2.65 bits per heavy atom. The minimum absolute atomic E-state index is 0.0219. The van der Waals surface area contributed by atoms with Gasteiger partial charge in [-0.15, -0.1) is 0 Å². The monoisotopic (exact) mass is 250 g/mol. The van der Waals surface area contributed by atoms with Gasteiger partial charge in [-0.2, -0.15) is 0 Å². The Hall–Kier alpha value is -2.14. The van der Waals surface area contributed by atoms with Crippen LogP contribution < -0.4 is 4.74 Å². The normalized spacial score (nSPS) is 9.94. The third-order valence-corrected chi connectivity index (χ3v) is 2.15. The molecule has 17 heavy (non-hydrogen) atoms. The topological polar surface area (TPSA) is 65.3 Å². The Balaban J connectivity index is 2.37. The van der Waals surface area contributed by atoms with Gasteiger partial charge < -0.3 is 14.9 Å². The third-order valence-electron chi connectivity index (χ3n) is 1.94. The molecule has 0 spiro atoms. The maximum Gasteiger partial charge on any atom is 0.406 e. The lowest BCUT2D eigenvalue weighted by Gasteiger charge is -2.05. The van der Waals surface area contributed by atoms with Gasteiger partial charge in [-0.3, -0.25) is 0 Å². The van der Waals surface area contributed by atoms with Crippen molar-refractivity contribution >= 4 is 17.4 Å². The Morgan fingerprint density at radius 2 is 2.00 bits per heavy atom. The van der Waals surface area contributed by atoms with Crippen LogP contribution in [0.5, 0.6) is 11.5 Å². The number of para-hydroxylation sites is 1. The van der Waals surface area contributed by atoms with E-state index in [4.69, 9.17) is 16.3 Å². The fourth-order valence-corrected chi connectivity index (χ4v) is 1.39. The van der Waals surface area contributed by atoms with Crippen molar-refractivity contribution in [2.24, 2.45) is 0 Å². The molecule has 0 aliphatic rings. The molecule has 0 bridgehead atoms. The van der Waals surface area contributed by atoms with Crippen LogP contribution in [-0.2, 0) is 0 Å². The van der Waals surface area contributed by atoms with Gasteiger partial charge in [-0.05, 0) is 22.0 Å². The first-order valence-corrected chi connectivity index (χ1v) is 5.07. The van der Waals surface area contributed by atoms with Gasteiger partial charge in [0.25, 0.3) is 0 Å². The zero-order valence-corrected chi connectivity index (χ0v) is 9.29. The molecule has 0 N–H and O–H groups in total. The first-order valence-electron chi connectivity index (χ1n) is 4.69. The van der Waals surface area contributed by atoms with E-state index in [-0.39, 0.29) is 16.6 Å². The van der Waals surface area contributed by atoms with Crippen LogP contribution in [-0.4, -0.2) is 9.91 Å². The van der Waals surface area contributed by atoms with Gasteiger partial charge in [-0.1, -0.05) is 29.8 Å². The molecule has 1 aromatic carbocycles. The summed E-state index contributed by atoms with van der Waals surface area (Å²) in [4.78, 5) is 13.7. The zero-order valence-electron chi connectivity index (χ0n) is 8.54. The fourth-order valence-electron chi connectivity index (χ4n) is 1.24. The van der Waals surface area contributed by atoms with E-state index in [0.29, 0.717) is 5.75 Å². The molecule has 6 heteroatoms. The molecule has 0 saturated carbocycles. The lowest BCUT2D eigenvalue weighted by molar-refractivity contribution is -0.390. The average molecular weight is 251 g/mol. The molecule has 2 rings (SSSR count). The number of rotatable bonds is 3. The molecule has 0 aliphatic heterocycles. The van der Waals surface area contributed by atoms with Crippen LogP contribution in [0.1, 0.15) is 0 Å². The summed E-state index contributed by atoms with van der Waals surface area (Å²) in [6.07, 6.45) is 1.21. The minimum atomic E-state index is -0.616. The summed E-state index contributed by atoms with van der Waals surface area (Å²) in [6.45, 7) is 0. The largest absolute Gasteiger partial charge is 0.448 e. The molecule has 1 aromatic heterocycles. The van der Waals surface area contributed by atoms with Gasteiger partial charge in [0, 0.05) is 6.07 Å². The second-order valence-corrected chi connectivity index (χ2v) is 3.58. The third kappa shape index (κ3) is 2.70. The van der Waals surface area contributed by atoms with Crippen molar-refractivity contribution in [3.05, 3.63) is 57.7 Å². The van der Waals surface area contributed by atoms with Crippen molar-refractivity contribution in [2.75, 3.05) is 0 Å². The number of hydrogen-bond donors (Lipinski definition) is 0. The first-order chi connectivity index (χ1) is 8.16. The summed E-state index contributed by atoms with van der Waals surface area (Å²) in [6, 6.07) is 10.1. The Bertz CT molecular complexity index is 546. The molecule has 2 aromatic rings. The summed E-state index contributed by atoms with van der Waals surface area (Å²) in [5, 5.41) is 11.0. The number of nitrogens with zero attached hydrogens (tertiary/aromatic N) is 2. The lowest BCUT2D eigenvalue weighted by atomic mass is 10.3. The lowest BCUT2D eigenvalue weighted by Crippen LogP contribution is -1.96.